The molecular formula is C14H21BrFNO. The number of benzene rings is 1. The molecule has 0 aromatic heterocycles. The van der Waals surface area contributed by atoms with E-state index >= 15 is 0 Å². The van der Waals surface area contributed by atoms with Crippen LogP contribution in [0.3, 0.4) is 0 Å². The summed E-state index contributed by atoms with van der Waals surface area (Å²) in [6.45, 7) is 5.37. The molecule has 1 rings (SSSR count). The van der Waals surface area contributed by atoms with Crippen LogP contribution in [0.4, 0.5) is 4.39 Å². The van der Waals surface area contributed by atoms with Crippen LogP contribution in [0.25, 0.3) is 0 Å². The summed E-state index contributed by atoms with van der Waals surface area (Å²) < 4.78 is 13.7. The van der Waals surface area contributed by atoms with Crippen LogP contribution >= 0.6 is 15.9 Å². The second-order valence-corrected chi connectivity index (χ2v) is 5.36. The summed E-state index contributed by atoms with van der Waals surface area (Å²) in [6.07, 6.45) is 1.65. The predicted molar refractivity (Wildman–Crippen MR) is 75.9 cm³/mol. The fourth-order valence-corrected chi connectivity index (χ4v) is 2.51. The minimum Gasteiger partial charge on any atom is -0.392 e. The molecule has 102 valence electrons. The standard InChI is InChI=1S/C14H21BrFNO/c1-3-10(4-2)14(18)9-17-8-11-5-6-12(16)7-13(11)15/h5-7,10,14,17-18H,3-4,8-9H2,1-2H3. The average Bonchev–Trinajstić information content (AvgIpc) is 2.33. The van der Waals surface area contributed by atoms with E-state index in [4.69, 9.17) is 0 Å². The Morgan fingerprint density at radius 2 is 2.00 bits per heavy atom. The lowest BCUT2D eigenvalue weighted by Gasteiger charge is -2.20. The maximum atomic E-state index is 12.9. The van der Waals surface area contributed by atoms with Gasteiger partial charge in [-0.05, 0) is 23.6 Å². The van der Waals surface area contributed by atoms with Gasteiger partial charge < -0.3 is 10.4 Å². The number of rotatable bonds is 7. The molecule has 0 aliphatic heterocycles. The van der Waals surface area contributed by atoms with Gasteiger partial charge in [0.2, 0.25) is 0 Å². The highest BCUT2D eigenvalue weighted by Gasteiger charge is 2.14. The molecule has 0 amide bonds. The molecule has 0 bridgehead atoms. The van der Waals surface area contributed by atoms with Gasteiger partial charge in [0.25, 0.3) is 0 Å². The summed E-state index contributed by atoms with van der Waals surface area (Å²) in [5.74, 6) is 0.0943. The van der Waals surface area contributed by atoms with E-state index in [1.807, 2.05) is 0 Å². The summed E-state index contributed by atoms with van der Waals surface area (Å²) in [5.41, 5.74) is 0.994. The number of hydrogen-bond donors (Lipinski definition) is 2. The maximum absolute atomic E-state index is 12.9. The van der Waals surface area contributed by atoms with Gasteiger partial charge in [-0.1, -0.05) is 48.7 Å². The zero-order valence-corrected chi connectivity index (χ0v) is 12.5. The maximum Gasteiger partial charge on any atom is 0.124 e. The number of nitrogens with one attached hydrogen (secondary N) is 1. The molecule has 0 aliphatic rings. The minimum atomic E-state index is -0.320. The topological polar surface area (TPSA) is 32.3 Å². The van der Waals surface area contributed by atoms with Crippen molar-refractivity contribution in [2.75, 3.05) is 6.54 Å². The highest BCUT2D eigenvalue weighted by atomic mass is 79.9. The average molecular weight is 318 g/mol. The zero-order valence-electron chi connectivity index (χ0n) is 10.9. The molecule has 1 unspecified atom stereocenters. The first-order valence-electron chi connectivity index (χ1n) is 6.41. The second-order valence-electron chi connectivity index (χ2n) is 4.51. The van der Waals surface area contributed by atoms with Gasteiger partial charge in [0.05, 0.1) is 6.10 Å². The molecular weight excluding hydrogens is 297 g/mol. The second kappa shape index (κ2) is 7.87. The summed E-state index contributed by atoms with van der Waals surface area (Å²) in [4.78, 5) is 0. The fraction of sp³-hybridized carbons (Fsp3) is 0.571. The van der Waals surface area contributed by atoms with Crippen molar-refractivity contribution in [3.63, 3.8) is 0 Å². The van der Waals surface area contributed by atoms with E-state index in [0.717, 1.165) is 22.9 Å². The predicted octanol–water partition coefficient (Wildman–Crippen LogP) is 3.47. The highest BCUT2D eigenvalue weighted by Crippen LogP contribution is 2.18. The Morgan fingerprint density at radius 1 is 1.33 bits per heavy atom. The summed E-state index contributed by atoms with van der Waals surface area (Å²) in [5, 5.41) is 13.2. The molecule has 2 N–H and O–H groups in total. The Kier molecular flexibility index (Phi) is 6.82. The normalized spacial score (nSPS) is 13.0. The highest BCUT2D eigenvalue weighted by molar-refractivity contribution is 9.10. The monoisotopic (exact) mass is 317 g/mol. The van der Waals surface area contributed by atoms with Crippen LogP contribution in [0.2, 0.25) is 0 Å². The molecule has 0 saturated carbocycles. The van der Waals surface area contributed by atoms with Crippen molar-refractivity contribution in [2.45, 2.75) is 39.3 Å². The van der Waals surface area contributed by atoms with E-state index in [9.17, 15) is 9.50 Å². The summed E-state index contributed by atoms with van der Waals surface area (Å²) in [7, 11) is 0. The Bertz CT molecular complexity index is 369. The number of aliphatic hydroxyl groups excluding tert-OH is 1. The van der Waals surface area contributed by atoms with Gasteiger partial charge in [0.1, 0.15) is 5.82 Å². The van der Waals surface area contributed by atoms with Crippen LogP contribution < -0.4 is 5.32 Å². The van der Waals surface area contributed by atoms with Crippen molar-refractivity contribution in [3.8, 4) is 0 Å². The molecule has 1 aromatic carbocycles. The third kappa shape index (κ3) is 4.67. The minimum absolute atomic E-state index is 0.248. The van der Waals surface area contributed by atoms with E-state index in [2.05, 4.69) is 35.1 Å². The number of hydrogen-bond acceptors (Lipinski definition) is 2. The Morgan fingerprint density at radius 3 is 2.56 bits per heavy atom. The van der Waals surface area contributed by atoms with Crippen molar-refractivity contribution in [3.05, 3.63) is 34.1 Å². The number of aliphatic hydroxyl groups is 1. The molecule has 4 heteroatoms. The van der Waals surface area contributed by atoms with Gasteiger partial charge in [-0.15, -0.1) is 0 Å². The molecule has 0 heterocycles. The molecule has 1 atom stereocenters. The first-order valence-corrected chi connectivity index (χ1v) is 7.20. The first kappa shape index (κ1) is 15.6. The SMILES string of the molecule is CCC(CC)C(O)CNCc1ccc(F)cc1Br. The van der Waals surface area contributed by atoms with Gasteiger partial charge >= 0.3 is 0 Å². The van der Waals surface area contributed by atoms with Crippen LogP contribution in [-0.4, -0.2) is 17.8 Å². The molecule has 2 nitrogen and oxygen atoms in total. The third-order valence-corrected chi connectivity index (χ3v) is 4.02. The molecule has 0 saturated heterocycles. The van der Waals surface area contributed by atoms with E-state index < -0.39 is 0 Å². The van der Waals surface area contributed by atoms with Gasteiger partial charge in [0, 0.05) is 17.6 Å². The van der Waals surface area contributed by atoms with Gasteiger partial charge in [-0.2, -0.15) is 0 Å². The molecule has 18 heavy (non-hydrogen) atoms. The first-order chi connectivity index (χ1) is 8.58. The van der Waals surface area contributed by atoms with Crippen LogP contribution in [0.15, 0.2) is 22.7 Å². The smallest absolute Gasteiger partial charge is 0.124 e. The zero-order chi connectivity index (χ0) is 13.5. The van der Waals surface area contributed by atoms with E-state index in [-0.39, 0.29) is 11.9 Å². The van der Waals surface area contributed by atoms with Crippen molar-refractivity contribution < 1.29 is 9.50 Å². The van der Waals surface area contributed by atoms with Crippen molar-refractivity contribution in [2.24, 2.45) is 5.92 Å². The molecule has 0 radical (unpaired) electrons. The lowest BCUT2D eigenvalue weighted by atomic mass is 9.96. The Balaban J connectivity index is 2.41. The molecule has 0 fully saturated rings. The van der Waals surface area contributed by atoms with Crippen molar-refractivity contribution in [1.29, 1.82) is 0 Å². The Labute approximate surface area is 117 Å². The lowest BCUT2D eigenvalue weighted by Crippen LogP contribution is -2.32. The fourth-order valence-electron chi connectivity index (χ4n) is 2.02. The van der Waals surface area contributed by atoms with E-state index in [1.165, 1.54) is 12.1 Å². The quantitative estimate of drug-likeness (QED) is 0.807. The number of halogens is 2. The van der Waals surface area contributed by atoms with Crippen LogP contribution in [-0.2, 0) is 6.54 Å². The van der Waals surface area contributed by atoms with E-state index in [1.54, 1.807) is 6.07 Å². The third-order valence-electron chi connectivity index (χ3n) is 3.28. The molecule has 1 aromatic rings. The van der Waals surface area contributed by atoms with Crippen LogP contribution in [0.5, 0.6) is 0 Å². The van der Waals surface area contributed by atoms with E-state index in [0.29, 0.717) is 19.0 Å². The van der Waals surface area contributed by atoms with Crippen LogP contribution in [0, 0.1) is 11.7 Å². The van der Waals surface area contributed by atoms with Gasteiger partial charge in [0.15, 0.2) is 0 Å². The summed E-state index contributed by atoms with van der Waals surface area (Å²) in [6, 6.07) is 4.64. The molecule has 0 spiro atoms. The Hall–Kier alpha value is -0.450. The van der Waals surface area contributed by atoms with Crippen molar-refractivity contribution in [1.82, 2.24) is 5.32 Å². The summed E-state index contributed by atoms with van der Waals surface area (Å²) >= 11 is 3.33. The van der Waals surface area contributed by atoms with Gasteiger partial charge in [-0.3, -0.25) is 0 Å². The largest absolute Gasteiger partial charge is 0.392 e. The van der Waals surface area contributed by atoms with Crippen molar-refractivity contribution >= 4 is 15.9 Å². The lowest BCUT2D eigenvalue weighted by molar-refractivity contribution is 0.101. The van der Waals surface area contributed by atoms with Crippen LogP contribution in [0.1, 0.15) is 32.3 Å². The molecule has 0 aliphatic carbocycles. The van der Waals surface area contributed by atoms with Gasteiger partial charge in [-0.25, -0.2) is 4.39 Å².